The number of ether oxygens (including phenoxy) is 1. The molecule has 20 heavy (non-hydrogen) atoms. The molecule has 1 aromatic heterocycles. The van der Waals surface area contributed by atoms with Crippen molar-refractivity contribution < 1.29 is 17.9 Å². The molecule has 0 fully saturated rings. The second-order valence-corrected chi connectivity index (χ2v) is 5.23. The first-order valence-electron chi connectivity index (χ1n) is 6.26. The smallest absolute Gasteiger partial charge is 0.451 e. The topological polar surface area (TPSA) is 35.0 Å². The van der Waals surface area contributed by atoms with Gasteiger partial charge in [0.15, 0.2) is 0 Å². The van der Waals surface area contributed by atoms with E-state index in [0.29, 0.717) is 12.5 Å². The number of aromatic nitrogens is 2. The molecule has 0 spiro atoms. The van der Waals surface area contributed by atoms with Gasteiger partial charge in [-0.25, -0.2) is 4.98 Å². The lowest BCUT2D eigenvalue weighted by molar-refractivity contribution is -0.145. The van der Waals surface area contributed by atoms with Crippen LogP contribution < -0.4 is 4.74 Å². The van der Waals surface area contributed by atoms with E-state index in [-0.39, 0.29) is 17.0 Å². The van der Waals surface area contributed by atoms with Crippen molar-refractivity contribution in [3.63, 3.8) is 0 Å². The van der Waals surface area contributed by atoms with Crippen LogP contribution in [0, 0.1) is 11.8 Å². The van der Waals surface area contributed by atoms with Crippen LogP contribution in [0.25, 0.3) is 0 Å². The molecule has 0 aliphatic heterocycles. The standard InChI is InChI=1S/C13H14ClF3N2O/c1-8-4-2-3-5-9(8)7-20-11-6-10(14)18-12(19-11)13(15,16)17/h2-3,6,8-9H,4-5,7H2,1H3. The predicted molar refractivity (Wildman–Crippen MR) is 68.6 cm³/mol. The second-order valence-electron chi connectivity index (χ2n) is 4.84. The lowest BCUT2D eigenvalue weighted by Gasteiger charge is -2.24. The van der Waals surface area contributed by atoms with E-state index in [1.807, 2.05) is 0 Å². The molecule has 0 bridgehead atoms. The molecule has 0 saturated carbocycles. The first kappa shape index (κ1) is 15.1. The zero-order chi connectivity index (χ0) is 14.8. The van der Waals surface area contributed by atoms with Crippen LogP contribution in [0.5, 0.6) is 5.88 Å². The van der Waals surface area contributed by atoms with Gasteiger partial charge >= 0.3 is 6.18 Å². The van der Waals surface area contributed by atoms with Gasteiger partial charge in [0.2, 0.25) is 11.7 Å². The summed E-state index contributed by atoms with van der Waals surface area (Å²) in [4.78, 5) is 6.51. The molecule has 0 saturated heterocycles. The number of nitrogens with zero attached hydrogens (tertiary/aromatic N) is 2. The van der Waals surface area contributed by atoms with Gasteiger partial charge in [-0.1, -0.05) is 30.7 Å². The maximum absolute atomic E-state index is 12.6. The summed E-state index contributed by atoms with van der Waals surface area (Å²) in [7, 11) is 0. The molecule has 1 aliphatic carbocycles. The third-order valence-corrected chi connectivity index (χ3v) is 3.48. The highest BCUT2D eigenvalue weighted by Gasteiger charge is 2.35. The lowest BCUT2D eigenvalue weighted by Crippen LogP contribution is -2.22. The largest absolute Gasteiger partial charge is 0.477 e. The first-order valence-corrected chi connectivity index (χ1v) is 6.63. The fraction of sp³-hybridized carbons (Fsp3) is 0.538. The zero-order valence-corrected chi connectivity index (χ0v) is 11.6. The van der Waals surface area contributed by atoms with E-state index in [2.05, 4.69) is 29.0 Å². The van der Waals surface area contributed by atoms with Crippen LogP contribution in [0.3, 0.4) is 0 Å². The van der Waals surface area contributed by atoms with Crippen LogP contribution in [0.1, 0.15) is 25.6 Å². The Balaban J connectivity index is 2.06. The van der Waals surface area contributed by atoms with Crippen molar-refractivity contribution in [3.05, 3.63) is 29.2 Å². The second kappa shape index (κ2) is 5.99. The predicted octanol–water partition coefficient (Wildman–Crippen LogP) is 4.13. The molecule has 1 heterocycles. The third kappa shape index (κ3) is 3.85. The van der Waals surface area contributed by atoms with E-state index in [9.17, 15) is 13.2 Å². The van der Waals surface area contributed by atoms with E-state index in [1.54, 1.807) is 0 Å². The molecule has 110 valence electrons. The molecular formula is C13H14ClF3N2O. The maximum Gasteiger partial charge on any atom is 0.451 e. The van der Waals surface area contributed by atoms with Gasteiger partial charge in [0.1, 0.15) is 5.15 Å². The van der Waals surface area contributed by atoms with Gasteiger partial charge in [-0.05, 0) is 24.7 Å². The molecule has 0 amide bonds. The van der Waals surface area contributed by atoms with Gasteiger partial charge < -0.3 is 4.74 Å². The fourth-order valence-corrected chi connectivity index (χ4v) is 2.20. The van der Waals surface area contributed by atoms with Crippen LogP contribution in [-0.4, -0.2) is 16.6 Å². The Labute approximate surface area is 119 Å². The van der Waals surface area contributed by atoms with Crippen molar-refractivity contribution in [2.75, 3.05) is 6.61 Å². The summed E-state index contributed by atoms with van der Waals surface area (Å²) in [6.07, 6.45) is 1.33. The van der Waals surface area contributed by atoms with Crippen molar-refractivity contribution >= 4 is 11.6 Å². The van der Waals surface area contributed by atoms with Gasteiger partial charge in [-0.2, -0.15) is 18.2 Å². The van der Waals surface area contributed by atoms with Crippen LogP contribution in [0.2, 0.25) is 5.15 Å². The molecule has 0 N–H and O–H groups in total. The summed E-state index contributed by atoms with van der Waals surface area (Å²) < 4.78 is 43.0. The zero-order valence-electron chi connectivity index (χ0n) is 10.8. The van der Waals surface area contributed by atoms with Crippen LogP contribution >= 0.6 is 11.6 Å². The van der Waals surface area contributed by atoms with E-state index < -0.39 is 12.0 Å². The molecule has 3 nitrogen and oxygen atoms in total. The highest BCUT2D eigenvalue weighted by Crippen LogP contribution is 2.30. The number of allylic oxidation sites excluding steroid dienone is 2. The monoisotopic (exact) mass is 306 g/mol. The fourth-order valence-electron chi connectivity index (χ4n) is 2.03. The van der Waals surface area contributed by atoms with Crippen molar-refractivity contribution in [2.45, 2.75) is 25.9 Å². The Morgan fingerprint density at radius 1 is 1.30 bits per heavy atom. The van der Waals surface area contributed by atoms with Gasteiger partial charge in [0.05, 0.1) is 6.61 Å². The van der Waals surface area contributed by atoms with Crippen LogP contribution in [-0.2, 0) is 6.18 Å². The Morgan fingerprint density at radius 2 is 2.00 bits per heavy atom. The molecule has 1 aromatic rings. The normalized spacial score (nSPS) is 22.9. The van der Waals surface area contributed by atoms with Crippen molar-refractivity contribution in [1.29, 1.82) is 0 Å². The van der Waals surface area contributed by atoms with Crippen LogP contribution in [0.15, 0.2) is 18.2 Å². The molecule has 2 atom stereocenters. The van der Waals surface area contributed by atoms with E-state index in [0.717, 1.165) is 12.8 Å². The first-order chi connectivity index (χ1) is 9.36. The average Bonchev–Trinajstić information content (AvgIpc) is 2.36. The van der Waals surface area contributed by atoms with E-state index >= 15 is 0 Å². The molecule has 2 unspecified atom stereocenters. The lowest BCUT2D eigenvalue weighted by atomic mass is 9.85. The van der Waals surface area contributed by atoms with Gasteiger partial charge in [0.25, 0.3) is 0 Å². The number of hydrogen-bond donors (Lipinski definition) is 0. The summed E-state index contributed by atoms with van der Waals surface area (Å²) in [5.74, 6) is -0.724. The van der Waals surface area contributed by atoms with Gasteiger partial charge in [-0.15, -0.1) is 0 Å². The SMILES string of the molecule is CC1CC=CCC1COc1cc(Cl)nc(C(F)(F)F)n1. The minimum Gasteiger partial charge on any atom is -0.477 e. The summed E-state index contributed by atoms with van der Waals surface area (Å²) >= 11 is 5.56. The number of halogens is 4. The Morgan fingerprint density at radius 3 is 2.65 bits per heavy atom. The molecular weight excluding hydrogens is 293 g/mol. The highest BCUT2D eigenvalue weighted by molar-refractivity contribution is 6.29. The Kier molecular flexibility index (Phi) is 4.52. The highest BCUT2D eigenvalue weighted by atomic mass is 35.5. The third-order valence-electron chi connectivity index (χ3n) is 3.29. The summed E-state index contributed by atoms with van der Waals surface area (Å²) in [5.41, 5.74) is 0. The maximum atomic E-state index is 12.6. The molecule has 0 radical (unpaired) electrons. The number of alkyl halides is 3. The minimum absolute atomic E-state index is 0.140. The quantitative estimate of drug-likeness (QED) is 0.622. The van der Waals surface area contributed by atoms with Crippen molar-refractivity contribution in [2.24, 2.45) is 11.8 Å². The average molecular weight is 307 g/mol. The van der Waals surface area contributed by atoms with Crippen molar-refractivity contribution in [1.82, 2.24) is 9.97 Å². The van der Waals surface area contributed by atoms with Crippen LogP contribution in [0.4, 0.5) is 13.2 Å². The summed E-state index contributed by atoms with van der Waals surface area (Å²) in [5, 5.41) is -0.279. The van der Waals surface area contributed by atoms with Crippen molar-refractivity contribution in [3.8, 4) is 5.88 Å². The molecule has 2 rings (SSSR count). The van der Waals surface area contributed by atoms with E-state index in [1.165, 1.54) is 6.07 Å². The van der Waals surface area contributed by atoms with Gasteiger partial charge in [-0.3, -0.25) is 0 Å². The molecule has 0 aromatic carbocycles. The summed E-state index contributed by atoms with van der Waals surface area (Å²) in [6, 6.07) is 1.19. The Bertz CT molecular complexity index is 505. The number of hydrogen-bond acceptors (Lipinski definition) is 3. The summed E-state index contributed by atoms with van der Waals surface area (Å²) in [6.45, 7) is 2.40. The Hall–Kier alpha value is -1.30. The molecule has 7 heteroatoms. The van der Waals surface area contributed by atoms with Gasteiger partial charge in [0, 0.05) is 6.07 Å². The molecule has 1 aliphatic rings. The minimum atomic E-state index is -4.64. The van der Waals surface area contributed by atoms with E-state index in [4.69, 9.17) is 16.3 Å². The number of rotatable bonds is 3.